The van der Waals surface area contributed by atoms with Crippen molar-refractivity contribution in [2.24, 2.45) is 0 Å². The van der Waals surface area contributed by atoms with Gasteiger partial charge in [0.2, 0.25) is 0 Å². The maximum absolute atomic E-state index is 10.4. The zero-order valence-electron chi connectivity index (χ0n) is 14.3. The second-order valence-electron chi connectivity index (χ2n) is 7.50. The van der Waals surface area contributed by atoms with Crippen LogP contribution in [0.5, 0.6) is 0 Å². The molecule has 0 bridgehead atoms. The summed E-state index contributed by atoms with van der Waals surface area (Å²) in [4.78, 5) is 3.58. The van der Waals surface area contributed by atoms with E-state index < -0.39 is 0 Å². The van der Waals surface area contributed by atoms with E-state index in [-0.39, 0.29) is 11.6 Å². The molecular weight excluding hydrogens is 306 g/mol. The molecule has 0 aliphatic carbocycles. The fraction of sp³-hybridized carbons (Fsp3) is 0.611. The predicted octanol–water partition coefficient (Wildman–Crippen LogP) is 3.79. The van der Waals surface area contributed by atoms with Crippen LogP contribution in [0.4, 0.5) is 0 Å². The fourth-order valence-corrected chi connectivity index (χ4v) is 3.99. The molecule has 1 aliphatic rings. The van der Waals surface area contributed by atoms with Crippen molar-refractivity contribution >= 4 is 11.3 Å². The van der Waals surface area contributed by atoms with Gasteiger partial charge in [-0.25, -0.2) is 0 Å². The summed E-state index contributed by atoms with van der Waals surface area (Å²) in [7, 11) is 0. The molecule has 2 aromatic heterocycles. The van der Waals surface area contributed by atoms with Crippen LogP contribution in [0.2, 0.25) is 0 Å². The van der Waals surface area contributed by atoms with Crippen LogP contribution in [-0.2, 0) is 12.1 Å². The Balaban J connectivity index is 1.62. The highest BCUT2D eigenvalue weighted by Gasteiger charge is 2.28. The first-order chi connectivity index (χ1) is 10.9. The van der Waals surface area contributed by atoms with E-state index in [0.29, 0.717) is 6.04 Å². The molecule has 0 radical (unpaired) electrons. The molecule has 2 unspecified atom stereocenters. The van der Waals surface area contributed by atoms with Gasteiger partial charge >= 0.3 is 0 Å². The Morgan fingerprint density at radius 2 is 2.26 bits per heavy atom. The fourth-order valence-electron chi connectivity index (χ4n) is 3.27. The van der Waals surface area contributed by atoms with E-state index in [9.17, 15) is 5.11 Å². The summed E-state index contributed by atoms with van der Waals surface area (Å²) in [5.41, 5.74) is 1.29. The lowest BCUT2D eigenvalue weighted by Crippen LogP contribution is -2.30. The van der Waals surface area contributed by atoms with E-state index in [1.807, 2.05) is 28.4 Å². The molecule has 4 nitrogen and oxygen atoms in total. The van der Waals surface area contributed by atoms with Crippen LogP contribution < -0.4 is 0 Å². The highest BCUT2D eigenvalue weighted by Crippen LogP contribution is 2.30. The Labute approximate surface area is 142 Å². The molecule has 1 N–H and O–H groups in total. The third-order valence-corrected chi connectivity index (χ3v) is 5.55. The molecule has 23 heavy (non-hydrogen) atoms. The zero-order valence-corrected chi connectivity index (χ0v) is 15.1. The monoisotopic (exact) mass is 333 g/mol. The molecule has 0 saturated carbocycles. The standard InChI is InChI=1S/C18H27N3OS/c1-18(2,3)21-13-14(11-19-21)12-20-8-4-6-15(20)10-16(22)17-7-5-9-23-17/h5,7,9,11,13,15-16,22H,4,6,8,10,12H2,1-3H3. The second-order valence-corrected chi connectivity index (χ2v) is 8.48. The summed E-state index contributed by atoms with van der Waals surface area (Å²) in [5, 5.41) is 17.0. The topological polar surface area (TPSA) is 41.3 Å². The highest BCUT2D eigenvalue weighted by molar-refractivity contribution is 7.10. The smallest absolute Gasteiger partial charge is 0.0896 e. The van der Waals surface area contributed by atoms with Crippen LogP contribution >= 0.6 is 11.3 Å². The Bertz CT molecular complexity index is 615. The van der Waals surface area contributed by atoms with Crippen LogP contribution in [0.15, 0.2) is 29.9 Å². The SMILES string of the molecule is CC(C)(C)n1cc(CN2CCCC2CC(O)c2cccs2)cn1. The van der Waals surface area contributed by atoms with Gasteiger partial charge in [-0.15, -0.1) is 11.3 Å². The summed E-state index contributed by atoms with van der Waals surface area (Å²) >= 11 is 1.64. The van der Waals surface area contributed by atoms with Gasteiger partial charge in [0.05, 0.1) is 17.8 Å². The number of hydrogen-bond acceptors (Lipinski definition) is 4. The van der Waals surface area contributed by atoms with Crippen LogP contribution in [0, 0.1) is 0 Å². The van der Waals surface area contributed by atoms with Gasteiger partial charge in [-0.05, 0) is 58.0 Å². The molecule has 2 aromatic rings. The summed E-state index contributed by atoms with van der Waals surface area (Å²) < 4.78 is 2.04. The summed E-state index contributed by atoms with van der Waals surface area (Å²) in [5.74, 6) is 0. The molecule has 3 heterocycles. The van der Waals surface area contributed by atoms with E-state index in [1.54, 1.807) is 11.3 Å². The summed E-state index contributed by atoms with van der Waals surface area (Å²) in [6.45, 7) is 8.54. The molecule has 0 spiro atoms. The van der Waals surface area contributed by atoms with Crippen molar-refractivity contribution in [3.8, 4) is 0 Å². The first kappa shape index (κ1) is 16.7. The number of thiophene rings is 1. The lowest BCUT2D eigenvalue weighted by atomic mass is 10.1. The molecule has 0 amide bonds. The van der Waals surface area contributed by atoms with Crippen molar-refractivity contribution in [1.82, 2.24) is 14.7 Å². The van der Waals surface area contributed by atoms with Crippen molar-refractivity contribution in [3.63, 3.8) is 0 Å². The largest absolute Gasteiger partial charge is 0.388 e. The van der Waals surface area contributed by atoms with E-state index >= 15 is 0 Å². The molecule has 1 aliphatic heterocycles. The first-order valence-corrected chi connectivity index (χ1v) is 9.31. The second kappa shape index (κ2) is 6.75. The van der Waals surface area contributed by atoms with Crippen molar-refractivity contribution in [3.05, 3.63) is 40.3 Å². The van der Waals surface area contributed by atoms with Crippen molar-refractivity contribution in [1.29, 1.82) is 0 Å². The van der Waals surface area contributed by atoms with E-state index in [0.717, 1.165) is 24.4 Å². The minimum atomic E-state index is -0.335. The van der Waals surface area contributed by atoms with E-state index in [4.69, 9.17) is 0 Å². The third kappa shape index (κ3) is 4.03. The van der Waals surface area contributed by atoms with Gasteiger partial charge in [-0.1, -0.05) is 6.07 Å². The van der Waals surface area contributed by atoms with Crippen molar-refractivity contribution < 1.29 is 5.11 Å². The Morgan fingerprint density at radius 3 is 2.91 bits per heavy atom. The van der Waals surface area contributed by atoms with Crippen LogP contribution in [0.25, 0.3) is 0 Å². The maximum atomic E-state index is 10.4. The number of aliphatic hydroxyl groups excluding tert-OH is 1. The minimum absolute atomic E-state index is 0.0258. The lowest BCUT2D eigenvalue weighted by Gasteiger charge is -2.25. The number of hydrogen-bond donors (Lipinski definition) is 1. The lowest BCUT2D eigenvalue weighted by molar-refractivity contribution is 0.120. The molecule has 2 atom stereocenters. The Kier molecular flexibility index (Phi) is 4.90. The average Bonchev–Trinajstić information content (AvgIpc) is 3.19. The number of aliphatic hydroxyl groups is 1. The van der Waals surface area contributed by atoms with Gasteiger partial charge < -0.3 is 5.11 Å². The first-order valence-electron chi connectivity index (χ1n) is 8.43. The normalized spacial score (nSPS) is 21.0. The van der Waals surface area contributed by atoms with Gasteiger partial charge in [0.25, 0.3) is 0 Å². The summed E-state index contributed by atoms with van der Waals surface area (Å²) in [6, 6.07) is 4.50. The molecule has 1 fully saturated rings. The van der Waals surface area contributed by atoms with Crippen molar-refractivity contribution in [2.45, 2.75) is 64.3 Å². The average molecular weight is 334 g/mol. The summed E-state index contributed by atoms with van der Waals surface area (Å²) in [6.07, 6.45) is 7.03. The number of likely N-dealkylation sites (tertiary alicyclic amines) is 1. The van der Waals surface area contributed by atoms with Crippen molar-refractivity contribution in [2.75, 3.05) is 6.54 Å². The number of nitrogens with zero attached hydrogens (tertiary/aromatic N) is 3. The van der Waals surface area contributed by atoms with Gasteiger partial charge in [0.15, 0.2) is 0 Å². The highest BCUT2D eigenvalue weighted by atomic mass is 32.1. The number of rotatable bonds is 5. The zero-order chi connectivity index (χ0) is 16.4. The molecule has 3 rings (SSSR count). The van der Waals surface area contributed by atoms with Gasteiger partial charge in [0.1, 0.15) is 0 Å². The quantitative estimate of drug-likeness (QED) is 0.905. The maximum Gasteiger partial charge on any atom is 0.0896 e. The predicted molar refractivity (Wildman–Crippen MR) is 94.6 cm³/mol. The molecule has 1 saturated heterocycles. The van der Waals surface area contributed by atoms with Crippen LogP contribution in [0.1, 0.15) is 56.6 Å². The van der Waals surface area contributed by atoms with Gasteiger partial charge in [0, 0.05) is 29.2 Å². The van der Waals surface area contributed by atoms with E-state index in [2.05, 4.69) is 37.0 Å². The minimum Gasteiger partial charge on any atom is -0.388 e. The Hall–Kier alpha value is -1.17. The molecule has 5 heteroatoms. The molecule has 0 aromatic carbocycles. The van der Waals surface area contributed by atoms with Crippen LogP contribution in [0.3, 0.4) is 0 Å². The van der Waals surface area contributed by atoms with Gasteiger partial charge in [-0.2, -0.15) is 5.10 Å². The van der Waals surface area contributed by atoms with Crippen LogP contribution in [-0.4, -0.2) is 32.4 Å². The molecule has 126 valence electrons. The number of aromatic nitrogens is 2. The van der Waals surface area contributed by atoms with Gasteiger partial charge in [-0.3, -0.25) is 9.58 Å². The van der Waals surface area contributed by atoms with E-state index in [1.165, 1.54) is 18.4 Å². The Morgan fingerprint density at radius 1 is 1.43 bits per heavy atom. The molecular formula is C18H27N3OS. The third-order valence-electron chi connectivity index (χ3n) is 4.58.